The molecule has 1 atom stereocenters. The number of ether oxygens (including phenoxy) is 1. The van der Waals surface area contributed by atoms with Gasteiger partial charge in [-0.25, -0.2) is 4.39 Å². The fourth-order valence-electron chi connectivity index (χ4n) is 1.65. The summed E-state index contributed by atoms with van der Waals surface area (Å²) in [4.78, 5) is 3.69. The number of halogens is 1. The van der Waals surface area contributed by atoms with E-state index < -0.39 is 6.04 Å². The first-order valence-electron chi connectivity index (χ1n) is 4.94. The van der Waals surface area contributed by atoms with E-state index in [0.717, 1.165) is 25.0 Å². The monoisotopic (exact) mass is 208 g/mol. The molecule has 0 saturated heterocycles. The van der Waals surface area contributed by atoms with Crippen LogP contribution in [0.2, 0.25) is 0 Å². The standard InChI is InChI=1S/C11H13FN2O/c12-10-6-14-4-3-9(10)11(13)8-2-1-5-15-7-8/h3-4,6-7,11H,1-2,5,13H2. The van der Waals surface area contributed by atoms with E-state index in [2.05, 4.69) is 4.98 Å². The molecule has 2 heterocycles. The minimum atomic E-state index is -0.423. The Morgan fingerprint density at radius 1 is 1.53 bits per heavy atom. The molecule has 4 heteroatoms. The highest BCUT2D eigenvalue weighted by Crippen LogP contribution is 2.26. The van der Waals surface area contributed by atoms with Crippen LogP contribution >= 0.6 is 0 Å². The number of hydrogen-bond acceptors (Lipinski definition) is 3. The smallest absolute Gasteiger partial charge is 0.146 e. The lowest BCUT2D eigenvalue weighted by Crippen LogP contribution is -2.17. The molecule has 0 aromatic carbocycles. The van der Waals surface area contributed by atoms with Crippen molar-refractivity contribution in [2.75, 3.05) is 6.61 Å². The molecular formula is C11H13FN2O. The fraction of sp³-hybridized carbons (Fsp3) is 0.364. The maximum Gasteiger partial charge on any atom is 0.146 e. The van der Waals surface area contributed by atoms with Crippen molar-refractivity contribution in [3.8, 4) is 0 Å². The van der Waals surface area contributed by atoms with E-state index in [1.807, 2.05) is 0 Å². The van der Waals surface area contributed by atoms with Gasteiger partial charge in [0.05, 0.1) is 25.1 Å². The molecule has 1 aliphatic rings. The molecule has 1 aromatic rings. The Morgan fingerprint density at radius 3 is 3.07 bits per heavy atom. The third kappa shape index (κ3) is 2.15. The van der Waals surface area contributed by atoms with Crippen LogP contribution in [-0.2, 0) is 4.74 Å². The van der Waals surface area contributed by atoms with Crippen molar-refractivity contribution in [2.45, 2.75) is 18.9 Å². The molecule has 2 rings (SSSR count). The summed E-state index contributed by atoms with van der Waals surface area (Å²) in [6.07, 6.45) is 6.17. The van der Waals surface area contributed by atoms with E-state index in [-0.39, 0.29) is 5.82 Å². The molecule has 80 valence electrons. The zero-order chi connectivity index (χ0) is 10.7. The summed E-state index contributed by atoms with van der Waals surface area (Å²) in [7, 11) is 0. The van der Waals surface area contributed by atoms with Crippen molar-refractivity contribution < 1.29 is 9.13 Å². The van der Waals surface area contributed by atoms with Gasteiger partial charge in [0, 0.05) is 11.8 Å². The average Bonchev–Trinajstić information content (AvgIpc) is 2.30. The molecule has 1 aromatic heterocycles. The molecule has 3 nitrogen and oxygen atoms in total. The highest BCUT2D eigenvalue weighted by atomic mass is 19.1. The number of nitrogens with zero attached hydrogens (tertiary/aromatic N) is 1. The van der Waals surface area contributed by atoms with Crippen molar-refractivity contribution in [1.29, 1.82) is 0 Å². The van der Waals surface area contributed by atoms with Crippen LogP contribution in [0.5, 0.6) is 0 Å². The Bertz CT molecular complexity index is 379. The van der Waals surface area contributed by atoms with Crippen LogP contribution in [0.4, 0.5) is 4.39 Å². The zero-order valence-corrected chi connectivity index (χ0v) is 8.32. The maximum absolute atomic E-state index is 13.4. The predicted molar refractivity (Wildman–Crippen MR) is 54.4 cm³/mol. The Hall–Kier alpha value is -1.42. The minimum Gasteiger partial charge on any atom is -0.501 e. The van der Waals surface area contributed by atoms with Gasteiger partial charge in [-0.3, -0.25) is 4.98 Å². The summed E-state index contributed by atoms with van der Waals surface area (Å²) in [5.74, 6) is -0.364. The number of nitrogens with two attached hydrogens (primary N) is 1. The summed E-state index contributed by atoms with van der Waals surface area (Å²) >= 11 is 0. The quantitative estimate of drug-likeness (QED) is 0.807. The Balaban J connectivity index is 2.23. The zero-order valence-electron chi connectivity index (χ0n) is 8.32. The van der Waals surface area contributed by atoms with Crippen LogP contribution in [0.3, 0.4) is 0 Å². The molecule has 0 radical (unpaired) electrons. The van der Waals surface area contributed by atoms with Gasteiger partial charge >= 0.3 is 0 Å². The largest absolute Gasteiger partial charge is 0.501 e. The lowest BCUT2D eigenvalue weighted by molar-refractivity contribution is 0.221. The number of aromatic nitrogens is 1. The van der Waals surface area contributed by atoms with Gasteiger partial charge in [0.25, 0.3) is 0 Å². The van der Waals surface area contributed by atoms with E-state index in [9.17, 15) is 4.39 Å². The van der Waals surface area contributed by atoms with Crippen molar-refractivity contribution in [3.05, 3.63) is 41.7 Å². The van der Waals surface area contributed by atoms with E-state index in [4.69, 9.17) is 10.5 Å². The third-order valence-electron chi connectivity index (χ3n) is 2.50. The summed E-state index contributed by atoms with van der Waals surface area (Å²) in [6, 6.07) is 1.18. The summed E-state index contributed by atoms with van der Waals surface area (Å²) in [5, 5.41) is 0. The van der Waals surface area contributed by atoms with Crippen LogP contribution in [-0.4, -0.2) is 11.6 Å². The molecule has 0 saturated carbocycles. The van der Waals surface area contributed by atoms with Crippen LogP contribution in [0.15, 0.2) is 30.3 Å². The van der Waals surface area contributed by atoms with Gasteiger partial charge in [0.2, 0.25) is 0 Å². The second kappa shape index (κ2) is 4.40. The molecule has 1 unspecified atom stereocenters. The van der Waals surface area contributed by atoms with Crippen LogP contribution < -0.4 is 5.73 Å². The molecule has 0 bridgehead atoms. The van der Waals surface area contributed by atoms with Crippen LogP contribution in [0.25, 0.3) is 0 Å². The first kappa shape index (κ1) is 10.1. The predicted octanol–water partition coefficient (Wildman–Crippen LogP) is 1.91. The van der Waals surface area contributed by atoms with E-state index in [1.165, 1.54) is 6.20 Å². The number of rotatable bonds is 2. The van der Waals surface area contributed by atoms with Gasteiger partial charge in [0.15, 0.2) is 0 Å². The van der Waals surface area contributed by atoms with Gasteiger partial charge in [-0.15, -0.1) is 0 Å². The summed E-state index contributed by atoms with van der Waals surface area (Å²) in [5.41, 5.74) is 7.36. The lowest BCUT2D eigenvalue weighted by Gasteiger charge is -2.20. The highest BCUT2D eigenvalue weighted by molar-refractivity contribution is 5.26. The van der Waals surface area contributed by atoms with Gasteiger partial charge in [-0.05, 0) is 24.5 Å². The highest BCUT2D eigenvalue weighted by Gasteiger charge is 2.17. The first-order valence-corrected chi connectivity index (χ1v) is 4.94. The molecule has 0 amide bonds. The number of hydrogen-bond donors (Lipinski definition) is 1. The van der Waals surface area contributed by atoms with Crippen LogP contribution in [0, 0.1) is 5.82 Å². The molecular weight excluding hydrogens is 195 g/mol. The summed E-state index contributed by atoms with van der Waals surface area (Å²) < 4.78 is 18.6. The molecule has 0 aliphatic carbocycles. The first-order chi connectivity index (χ1) is 7.29. The van der Waals surface area contributed by atoms with Crippen molar-refractivity contribution in [1.82, 2.24) is 4.98 Å². The topological polar surface area (TPSA) is 48.1 Å². The van der Waals surface area contributed by atoms with Gasteiger partial charge in [-0.1, -0.05) is 0 Å². The Morgan fingerprint density at radius 2 is 2.40 bits per heavy atom. The molecule has 2 N–H and O–H groups in total. The summed E-state index contributed by atoms with van der Waals surface area (Å²) in [6.45, 7) is 0.717. The average molecular weight is 208 g/mol. The van der Waals surface area contributed by atoms with Gasteiger partial charge in [-0.2, -0.15) is 0 Å². The minimum absolute atomic E-state index is 0.364. The third-order valence-corrected chi connectivity index (χ3v) is 2.50. The maximum atomic E-state index is 13.4. The second-order valence-electron chi connectivity index (χ2n) is 3.54. The molecule has 0 spiro atoms. The van der Waals surface area contributed by atoms with E-state index >= 15 is 0 Å². The Kier molecular flexibility index (Phi) is 2.97. The van der Waals surface area contributed by atoms with E-state index in [0.29, 0.717) is 5.56 Å². The normalized spacial score (nSPS) is 17.9. The van der Waals surface area contributed by atoms with Crippen molar-refractivity contribution in [3.63, 3.8) is 0 Å². The molecule has 1 aliphatic heterocycles. The van der Waals surface area contributed by atoms with E-state index in [1.54, 1.807) is 18.5 Å². The lowest BCUT2D eigenvalue weighted by atomic mass is 9.97. The van der Waals surface area contributed by atoms with Crippen molar-refractivity contribution >= 4 is 0 Å². The molecule has 15 heavy (non-hydrogen) atoms. The van der Waals surface area contributed by atoms with Crippen LogP contribution in [0.1, 0.15) is 24.4 Å². The van der Waals surface area contributed by atoms with Crippen molar-refractivity contribution in [2.24, 2.45) is 5.73 Å². The van der Waals surface area contributed by atoms with Gasteiger partial charge < -0.3 is 10.5 Å². The number of pyridine rings is 1. The SMILES string of the molecule is NC(C1=COCCC1)c1ccncc1F. The second-order valence-corrected chi connectivity index (χ2v) is 3.54. The van der Waals surface area contributed by atoms with Gasteiger partial charge in [0.1, 0.15) is 5.82 Å². The molecule has 0 fully saturated rings. The Labute approximate surface area is 87.8 Å². The fourth-order valence-corrected chi connectivity index (χ4v) is 1.65.